The van der Waals surface area contributed by atoms with Crippen LogP contribution in [0.4, 0.5) is 5.82 Å². The molecule has 0 aromatic carbocycles. The van der Waals surface area contributed by atoms with Gasteiger partial charge in [0.1, 0.15) is 4.90 Å². The van der Waals surface area contributed by atoms with Gasteiger partial charge in [0.25, 0.3) is 0 Å². The molecule has 19 heavy (non-hydrogen) atoms. The largest absolute Gasteiger partial charge is 0.370 e. The van der Waals surface area contributed by atoms with E-state index in [4.69, 9.17) is 11.6 Å². The van der Waals surface area contributed by atoms with Gasteiger partial charge in [-0.05, 0) is 28.9 Å². The molecule has 0 radical (unpaired) electrons. The first kappa shape index (κ1) is 15.8. The fourth-order valence-corrected chi connectivity index (χ4v) is 3.28. The topological polar surface area (TPSA) is 140 Å². The van der Waals surface area contributed by atoms with Crippen LogP contribution in [0.3, 0.4) is 0 Å². The van der Waals surface area contributed by atoms with E-state index in [1.807, 2.05) is 0 Å². The number of anilines is 1. The molecule has 0 fully saturated rings. The van der Waals surface area contributed by atoms with E-state index in [-0.39, 0.29) is 17.1 Å². The number of nitrogens with two attached hydrogens (primary N) is 2. The summed E-state index contributed by atoms with van der Waals surface area (Å²) < 4.78 is 27.1. The Morgan fingerprint density at radius 1 is 1.58 bits per heavy atom. The highest BCUT2D eigenvalue weighted by atomic mass is 79.9. The van der Waals surface area contributed by atoms with Crippen molar-refractivity contribution < 1.29 is 13.2 Å². The number of hydrazine groups is 1. The number of hydrogen-bond acceptors (Lipinski definition) is 6. The first-order chi connectivity index (χ1) is 8.76. The lowest BCUT2D eigenvalue weighted by Gasteiger charge is -2.14. The van der Waals surface area contributed by atoms with Crippen LogP contribution in [0.5, 0.6) is 0 Å². The van der Waals surface area contributed by atoms with Crippen molar-refractivity contribution in [2.45, 2.75) is 24.3 Å². The average Bonchev–Trinajstić information content (AvgIpc) is 2.26. The van der Waals surface area contributed by atoms with Gasteiger partial charge in [-0.15, -0.1) is 0 Å². The summed E-state index contributed by atoms with van der Waals surface area (Å²) in [5, 5.41) is 0. The normalized spacial score (nSPS) is 13.0. The predicted octanol–water partition coefficient (Wildman–Crippen LogP) is -0.328. The maximum atomic E-state index is 12.1. The van der Waals surface area contributed by atoms with Gasteiger partial charge in [0.15, 0.2) is 5.82 Å². The number of primary amides is 1. The van der Waals surface area contributed by atoms with Crippen LogP contribution in [0.25, 0.3) is 0 Å². The molecule has 106 valence electrons. The maximum absolute atomic E-state index is 12.1. The van der Waals surface area contributed by atoms with E-state index in [1.165, 1.54) is 19.2 Å². The molecule has 10 heteroatoms. The number of carbonyl (C=O) groups is 1. The summed E-state index contributed by atoms with van der Waals surface area (Å²) in [7, 11) is -3.86. The summed E-state index contributed by atoms with van der Waals surface area (Å²) in [5.74, 6) is 4.62. The van der Waals surface area contributed by atoms with Crippen LogP contribution < -0.4 is 21.7 Å². The molecule has 0 spiro atoms. The Labute approximate surface area is 119 Å². The SMILES string of the molecule is CC(CC(N)=O)NS(=O)(=O)c1cc(Br)cnc1NN. The predicted molar refractivity (Wildman–Crippen MR) is 73.3 cm³/mol. The highest BCUT2D eigenvalue weighted by molar-refractivity contribution is 9.10. The second kappa shape index (κ2) is 6.28. The van der Waals surface area contributed by atoms with Gasteiger partial charge in [0.2, 0.25) is 15.9 Å². The monoisotopic (exact) mass is 351 g/mol. The first-order valence-corrected chi connectivity index (χ1v) is 7.46. The average molecular weight is 352 g/mol. The molecule has 8 nitrogen and oxygen atoms in total. The third-order valence-corrected chi connectivity index (χ3v) is 4.15. The van der Waals surface area contributed by atoms with E-state index in [2.05, 4.69) is 31.1 Å². The molecule has 0 aliphatic rings. The summed E-state index contributed by atoms with van der Waals surface area (Å²) in [5.41, 5.74) is 7.21. The molecule has 1 rings (SSSR count). The van der Waals surface area contributed by atoms with Crippen molar-refractivity contribution in [3.05, 3.63) is 16.7 Å². The highest BCUT2D eigenvalue weighted by Crippen LogP contribution is 2.22. The van der Waals surface area contributed by atoms with Gasteiger partial charge in [0.05, 0.1) is 0 Å². The number of sulfonamides is 1. The molecule has 0 aliphatic carbocycles. The van der Waals surface area contributed by atoms with E-state index in [1.54, 1.807) is 0 Å². The molecule has 6 N–H and O–H groups in total. The van der Waals surface area contributed by atoms with E-state index in [0.717, 1.165) is 0 Å². The molecule has 0 saturated carbocycles. The van der Waals surface area contributed by atoms with E-state index < -0.39 is 22.0 Å². The molecule has 1 atom stereocenters. The number of rotatable bonds is 6. The van der Waals surface area contributed by atoms with Gasteiger partial charge in [-0.2, -0.15) is 0 Å². The Balaban J connectivity index is 3.06. The van der Waals surface area contributed by atoms with Crippen molar-refractivity contribution in [2.24, 2.45) is 11.6 Å². The molecule has 0 bridgehead atoms. The fraction of sp³-hybridized carbons (Fsp3) is 0.333. The molecule has 1 aromatic rings. The number of nitrogen functional groups attached to an aromatic ring is 1. The lowest BCUT2D eigenvalue weighted by atomic mass is 10.2. The summed E-state index contributed by atoms with van der Waals surface area (Å²) >= 11 is 3.13. The second-order valence-electron chi connectivity index (χ2n) is 3.84. The minimum atomic E-state index is -3.86. The van der Waals surface area contributed by atoms with Crippen LogP contribution in [-0.4, -0.2) is 25.4 Å². The third-order valence-electron chi connectivity index (χ3n) is 2.11. The first-order valence-electron chi connectivity index (χ1n) is 5.19. The minimum absolute atomic E-state index is 0.00183. The maximum Gasteiger partial charge on any atom is 0.244 e. The number of hydrogen-bond donors (Lipinski definition) is 4. The molecule has 1 amide bonds. The Hall–Kier alpha value is -1.23. The molecule has 0 aliphatic heterocycles. The van der Waals surface area contributed by atoms with Crippen LogP contribution in [0.1, 0.15) is 13.3 Å². The van der Waals surface area contributed by atoms with Crippen LogP contribution >= 0.6 is 15.9 Å². The molecular formula is C9H14BrN5O3S. The number of amides is 1. The van der Waals surface area contributed by atoms with Crippen molar-refractivity contribution in [3.63, 3.8) is 0 Å². The van der Waals surface area contributed by atoms with Gasteiger partial charge in [-0.1, -0.05) is 0 Å². The standard InChI is InChI=1S/C9H14BrN5O3S/c1-5(2-8(11)16)15-19(17,18)7-3-6(10)4-13-9(7)14-12/h3-5,15H,2,12H2,1H3,(H2,11,16)(H,13,14). The molecule has 1 aromatic heterocycles. The number of nitrogens with one attached hydrogen (secondary N) is 2. The van der Waals surface area contributed by atoms with Crippen LogP contribution in [0, 0.1) is 0 Å². The fourth-order valence-electron chi connectivity index (χ4n) is 1.41. The van der Waals surface area contributed by atoms with Crippen LogP contribution in [0.2, 0.25) is 0 Å². The Morgan fingerprint density at radius 2 is 2.21 bits per heavy atom. The van der Waals surface area contributed by atoms with Gasteiger partial charge in [0, 0.05) is 23.1 Å². The zero-order chi connectivity index (χ0) is 14.6. The molecule has 1 unspecified atom stereocenters. The van der Waals surface area contributed by atoms with Crippen LogP contribution in [0.15, 0.2) is 21.6 Å². The highest BCUT2D eigenvalue weighted by Gasteiger charge is 2.22. The third kappa shape index (κ3) is 4.42. The van der Waals surface area contributed by atoms with Gasteiger partial charge in [-0.25, -0.2) is 24.0 Å². The van der Waals surface area contributed by atoms with Crippen molar-refractivity contribution in [3.8, 4) is 0 Å². The zero-order valence-electron chi connectivity index (χ0n) is 10.1. The Morgan fingerprint density at radius 3 is 2.74 bits per heavy atom. The summed E-state index contributed by atoms with van der Waals surface area (Å²) in [6.07, 6.45) is 1.30. The summed E-state index contributed by atoms with van der Waals surface area (Å²) in [4.78, 5) is 14.5. The quantitative estimate of drug-likeness (QED) is 0.408. The van der Waals surface area contributed by atoms with E-state index in [9.17, 15) is 13.2 Å². The molecular weight excluding hydrogens is 338 g/mol. The summed E-state index contributed by atoms with van der Waals surface area (Å²) in [6.45, 7) is 1.53. The Bertz CT molecular complexity index is 577. The van der Waals surface area contributed by atoms with Gasteiger partial charge >= 0.3 is 0 Å². The van der Waals surface area contributed by atoms with Crippen molar-refractivity contribution in [2.75, 3.05) is 5.43 Å². The van der Waals surface area contributed by atoms with E-state index in [0.29, 0.717) is 4.47 Å². The van der Waals surface area contributed by atoms with Crippen molar-refractivity contribution in [1.82, 2.24) is 9.71 Å². The van der Waals surface area contributed by atoms with Crippen molar-refractivity contribution >= 4 is 37.7 Å². The summed E-state index contributed by atoms with van der Waals surface area (Å²) in [6, 6.07) is 0.716. The van der Waals surface area contributed by atoms with Crippen molar-refractivity contribution in [1.29, 1.82) is 0 Å². The van der Waals surface area contributed by atoms with Gasteiger partial charge < -0.3 is 11.2 Å². The number of carbonyl (C=O) groups excluding carboxylic acids is 1. The Kier molecular flexibility index (Phi) is 5.23. The lowest BCUT2D eigenvalue weighted by Crippen LogP contribution is -2.36. The number of pyridine rings is 1. The van der Waals surface area contributed by atoms with E-state index >= 15 is 0 Å². The van der Waals surface area contributed by atoms with Gasteiger partial charge in [-0.3, -0.25) is 4.79 Å². The second-order valence-corrected chi connectivity index (χ2v) is 6.44. The molecule has 1 heterocycles. The lowest BCUT2D eigenvalue weighted by molar-refractivity contribution is -0.118. The molecule has 0 saturated heterocycles. The zero-order valence-corrected chi connectivity index (χ0v) is 12.5. The number of aromatic nitrogens is 1. The smallest absolute Gasteiger partial charge is 0.244 e. The number of halogens is 1. The van der Waals surface area contributed by atoms with Crippen LogP contribution in [-0.2, 0) is 14.8 Å². The number of nitrogens with zero attached hydrogens (tertiary/aromatic N) is 1. The minimum Gasteiger partial charge on any atom is -0.370 e.